The van der Waals surface area contributed by atoms with Gasteiger partial charge in [0.2, 0.25) is 0 Å². The molecular weight excluding hydrogens is 390 g/mol. The lowest BCUT2D eigenvalue weighted by molar-refractivity contribution is 0.537. The van der Waals surface area contributed by atoms with Crippen molar-refractivity contribution >= 4 is 51.3 Å². The quantitative estimate of drug-likeness (QED) is 0.445. The number of aryl methyl sites for hydroxylation is 1. The fourth-order valence-corrected chi connectivity index (χ4v) is 3.57. The molecule has 0 N–H and O–H groups in total. The van der Waals surface area contributed by atoms with Gasteiger partial charge in [0.05, 0.1) is 11.1 Å². The number of rotatable bonds is 4. The van der Waals surface area contributed by atoms with Crippen LogP contribution in [0.1, 0.15) is 25.3 Å². The molecule has 0 aliphatic carbocycles. The van der Waals surface area contributed by atoms with Crippen LogP contribution in [0, 0.1) is 9.48 Å². The molecule has 3 aromatic rings. The fourth-order valence-electron chi connectivity index (χ4n) is 2.52. The van der Waals surface area contributed by atoms with Gasteiger partial charge >= 0.3 is 0 Å². The second-order valence-corrected chi connectivity index (χ2v) is 7.07. The van der Waals surface area contributed by atoms with Gasteiger partial charge in [0, 0.05) is 4.47 Å². The van der Waals surface area contributed by atoms with Crippen LogP contribution in [0.4, 0.5) is 0 Å². The van der Waals surface area contributed by atoms with E-state index in [2.05, 4.69) is 47.1 Å². The average Bonchev–Trinajstić information content (AvgIpc) is 2.55. The maximum absolute atomic E-state index is 5.77. The Morgan fingerprint density at radius 1 is 1.09 bits per heavy atom. The van der Waals surface area contributed by atoms with Crippen LogP contribution >= 0.6 is 40.4 Å². The smallest absolute Gasteiger partial charge is 0.274 e. The molecule has 0 atom stereocenters. The Balaban J connectivity index is 2.12. The van der Waals surface area contributed by atoms with Crippen LogP contribution in [0.15, 0.2) is 51.4 Å². The Morgan fingerprint density at radius 3 is 2.52 bits per heavy atom. The van der Waals surface area contributed by atoms with Crippen LogP contribution in [0.3, 0.4) is 0 Å². The monoisotopic (exact) mass is 405 g/mol. The normalized spacial score (nSPS) is 11.0. The maximum atomic E-state index is 5.77. The highest BCUT2D eigenvalue weighted by atomic mass is 79.9. The molecule has 0 fully saturated rings. The molecule has 2 nitrogen and oxygen atoms in total. The second-order valence-electron chi connectivity index (χ2n) is 5.42. The van der Waals surface area contributed by atoms with Gasteiger partial charge in [0.15, 0.2) is 0 Å². The van der Waals surface area contributed by atoms with Crippen molar-refractivity contribution in [3.8, 4) is 5.69 Å². The largest absolute Gasteiger partial charge is 0.431 e. The molecule has 0 saturated heterocycles. The third kappa shape index (κ3) is 3.47. The molecule has 0 amide bonds. The lowest BCUT2D eigenvalue weighted by Crippen LogP contribution is -2.00. The van der Waals surface area contributed by atoms with Crippen molar-refractivity contribution in [2.75, 3.05) is 0 Å². The van der Waals surface area contributed by atoms with Gasteiger partial charge < -0.3 is 4.42 Å². The van der Waals surface area contributed by atoms with E-state index in [1.807, 2.05) is 22.8 Å². The zero-order chi connectivity index (χ0) is 16.4. The standard InChI is InChI=1S/C18H16BrNOS2/c1-2-3-4-12-5-8-14(9-6-12)20-17(22)15-11-13(19)7-10-16(15)21-18(20)23/h5-11H,2-4H2,1H3. The first-order valence-electron chi connectivity index (χ1n) is 7.55. The van der Waals surface area contributed by atoms with E-state index in [1.165, 1.54) is 18.4 Å². The molecule has 0 unspecified atom stereocenters. The number of halogens is 1. The predicted octanol–water partition coefficient (Wildman–Crippen LogP) is 6.79. The molecule has 0 aliphatic heterocycles. The number of fused-ring (bicyclic) bond motifs is 1. The lowest BCUT2D eigenvalue weighted by Gasteiger charge is -2.10. The molecule has 0 aliphatic rings. The van der Waals surface area contributed by atoms with E-state index < -0.39 is 0 Å². The summed E-state index contributed by atoms with van der Waals surface area (Å²) in [5, 5.41) is 0.873. The second kappa shape index (κ2) is 7.07. The summed E-state index contributed by atoms with van der Waals surface area (Å²) in [4.78, 5) is 0.367. The van der Waals surface area contributed by atoms with Crippen molar-refractivity contribution in [1.82, 2.24) is 4.57 Å². The van der Waals surface area contributed by atoms with Gasteiger partial charge in [0.1, 0.15) is 10.2 Å². The van der Waals surface area contributed by atoms with Crippen LogP contribution in [0.25, 0.3) is 16.7 Å². The summed E-state index contributed by atoms with van der Waals surface area (Å²) in [5.41, 5.74) is 2.97. The number of hydrogen-bond donors (Lipinski definition) is 0. The van der Waals surface area contributed by atoms with Crippen molar-refractivity contribution < 1.29 is 4.42 Å². The molecule has 2 aromatic carbocycles. The summed E-state index contributed by atoms with van der Waals surface area (Å²) in [6, 6.07) is 14.1. The minimum Gasteiger partial charge on any atom is -0.431 e. The molecule has 5 heteroatoms. The third-order valence-electron chi connectivity index (χ3n) is 3.77. The van der Waals surface area contributed by atoms with E-state index in [-0.39, 0.29) is 0 Å². The molecule has 23 heavy (non-hydrogen) atoms. The SMILES string of the molecule is CCCCc1ccc(-n2c(=S)oc3ccc(Br)cc3c2=S)cc1. The minimum atomic E-state index is 0.367. The van der Waals surface area contributed by atoms with Crippen molar-refractivity contribution in [2.24, 2.45) is 0 Å². The van der Waals surface area contributed by atoms with Crippen LogP contribution < -0.4 is 0 Å². The maximum Gasteiger partial charge on any atom is 0.274 e. The molecular formula is C18H16BrNOS2. The number of benzene rings is 2. The Morgan fingerprint density at radius 2 is 1.83 bits per heavy atom. The third-order valence-corrected chi connectivity index (χ3v) is 4.93. The molecule has 3 rings (SSSR count). The van der Waals surface area contributed by atoms with Crippen molar-refractivity contribution in [3.05, 3.63) is 62.0 Å². The molecule has 1 aromatic heterocycles. The Hall–Kier alpha value is -1.30. The topological polar surface area (TPSA) is 18.1 Å². The van der Waals surface area contributed by atoms with Gasteiger partial charge in [-0.15, -0.1) is 0 Å². The number of aromatic nitrogens is 1. The first kappa shape index (κ1) is 16.6. The zero-order valence-corrected chi connectivity index (χ0v) is 15.9. The van der Waals surface area contributed by atoms with Crippen molar-refractivity contribution in [2.45, 2.75) is 26.2 Å². The molecule has 0 bridgehead atoms. The number of nitrogens with zero attached hydrogens (tertiary/aromatic N) is 1. The Bertz CT molecular complexity index is 957. The van der Waals surface area contributed by atoms with E-state index in [0.29, 0.717) is 15.1 Å². The average molecular weight is 406 g/mol. The highest BCUT2D eigenvalue weighted by Crippen LogP contribution is 2.24. The fraction of sp³-hybridized carbons (Fsp3) is 0.222. The molecule has 0 spiro atoms. The minimum absolute atomic E-state index is 0.367. The number of hydrogen-bond acceptors (Lipinski definition) is 3. The van der Waals surface area contributed by atoms with Crippen LogP contribution in [0.2, 0.25) is 0 Å². The first-order valence-corrected chi connectivity index (χ1v) is 9.16. The highest BCUT2D eigenvalue weighted by Gasteiger charge is 2.07. The molecule has 0 radical (unpaired) electrons. The van der Waals surface area contributed by atoms with Gasteiger partial charge in [-0.25, -0.2) is 0 Å². The zero-order valence-electron chi connectivity index (χ0n) is 12.7. The van der Waals surface area contributed by atoms with E-state index in [9.17, 15) is 0 Å². The summed E-state index contributed by atoms with van der Waals surface area (Å²) in [6.07, 6.45) is 3.49. The summed E-state index contributed by atoms with van der Waals surface area (Å²) >= 11 is 14.5. The summed E-state index contributed by atoms with van der Waals surface area (Å²) < 4.78 is 9.21. The first-order chi connectivity index (χ1) is 11.1. The lowest BCUT2D eigenvalue weighted by atomic mass is 10.1. The summed E-state index contributed by atoms with van der Waals surface area (Å²) in [6.45, 7) is 2.20. The van der Waals surface area contributed by atoms with E-state index in [0.717, 1.165) is 22.0 Å². The van der Waals surface area contributed by atoms with Crippen molar-refractivity contribution in [3.63, 3.8) is 0 Å². The van der Waals surface area contributed by atoms with Gasteiger partial charge in [-0.2, -0.15) is 0 Å². The molecule has 118 valence electrons. The van der Waals surface area contributed by atoms with E-state index >= 15 is 0 Å². The van der Waals surface area contributed by atoms with Gasteiger partial charge in [0.25, 0.3) is 4.84 Å². The van der Waals surface area contributed by atoms with Gasteiger partial charge in [-0.1, -0.05) is 53.6 Å². The Labute approximate surface area is 153 Å². The summed E-state index contributed by atoms with van der Waals surface area (Å²) in [7, 11) is 0. The van der Waals surface area contributed by atoms with E-state index in [4.69, 9.17) is 28.9 Å². The predicted molar refractivity (Wildman–Crippen MR) is 104 cm³/mol. The van der Waals surface area contributed by atoms with Crippen molar-refractivity contribution in [1.29, 1.82) is 0 Å². The van der Waals surface area contributed by atoms with E-state index in [1.54, 1.807) is 0 Å². The van der Waals surface area contributed by atoms with Crippen LogP contribution in [-0.2, 0) is 6.42 Å². The molecule has 0 saturated carbocycles. The van der Waals surface area contributed by atoms with Crippen LogP contribution in [-0.4, -0.2) is 4.57 Å². The van der Waals surface area contributed by atoms with Crippen LogP contribution in [0.5, 0.6) is 0 Å². The Kier molecular flexibility index (Phi) is 5.09. The number of unbranched alkanes of at least 4 members (excludes halogenated alkanes) is 1. The van der Waals surface area contributed by atoms with Gasteiger partial charge in [-0.05, 0) is 61.0 Å². The van der Waals surface area contributed by atoms with Gasteiger partial charge in [-0.3, -0.25) is 4.57 Å². The highest BCUT2D eigenvalue weighted by molar-refractivity contribution is 9.10. The summed E-state index contributed by atoms with van der Waals surface area (Å²) in [5.74, 6) is 0. The molecule has 1 heterocycles.